The van der Waals surface area contributed by atoms with Gasteiger partial charge in [0, 0.05) is 16.8 Å². The van der Waals surface area contributed by atoms with E-state index in [9.17, 15) is 0 Å². The lowest BCUT2D eigenvalue weighted by atomic mass is 10.1. The van der Waals surface area contributed by atoms with Crippen LogP contribution in [0.4, 0.5) is 0 Å². The molecular formula is C17H14ClN3. The van der Waals surface area contributed by atoms with Crippen molar-refractivity contribution in [1.82, 2.24) is 15.0 Å². The summed E-state index contributed by atoms with van der Waals surface area (Å²) in [5.41, 5.74) is 4.39. The maximum Gasteiger partial charge on any atom is 0.180 e. The summed E-state index contributed by atoms with van der Waals surface area (Å²) >= 11 is 6.28. The number of benzene rings is 1. The van der Waals surface area contributed by atoms with Crippen molar-refractivity contribution in [3.63, 3.8) is 0 Å². The van der Waals surface area contributed by atoms with Crippen molar-refractivity contribution in [2.45, 2.75) is 13.8 Å². The van der Waals surface area contributed by atoms with Gasteiger partial charge in [-0.3, -0.25) is 0 Å². The molecule has 0 radical (unpaired) electrons. The fraction of sp³-hybridized carbons (Fsp3) is 0.118. The Morgan fingerprint density at radius 1 is 0.810 bits per heavy atom. The molecule has 0 aliphatic carbocycles. The zero-order chi connectivity index (χ0) is 14.8. The largest absolute Gasteiger partial charge is 0.250 e. The maximum atomic E-state index is 6.28. The number of pyridine rings is 1. The molecule has 0 aliphatic rings. The molecule has 0 amide bonds. The van der Waals surface area contributed by atoms with E-state index in [0.29, 0.717) is 11.0 Å². The van der Waals surface area contributed by atoms with Crippen LogP contribution >= 0.6 is 11.6 Å². The van der Waals surface area contributed by atoms with E-state index in [0.717, 1.165) is 28.2 Å². The molecule has 0 N–H and O–H groups in total. The van der Waals surface area contributed by atoms with E-state index in [-0.39, 0.29) is 0 Å². The normalized spacial score (nSPS) is 10.6. The van der Waals surface area contributed by atoms with Crippen LogP contribution in [0.3, 0.4) is 0 Å². The van der Waals surface area contributed by atoms with Gasteiger partial charge < -0.3 is 0 Å². The van der Waals surface area contributed by atoms with Crippen molar-refractivity contribution < 1.29 is 0 Å². The molecule has 0 saturated heterocycles. The summed E-state index contributed by atoms with van der Waals surface area (Å²) in [7, 11) is 0. The molecule has 2 aromatic heterocycles. The van der Waals surface area contributed by atoms with E-state index in [4.69, 9.17) is 11.6 Å². The van der Waals surface area contributed by atoms with Gasteiger partial charge in [0.25, 0.3) is 0 Å². The highest BCUT2D eigenvalue weighted by Gasteiger charge is 2.13. The number of aromatic nitrogens is 3. The third-order valence-corrected chi connectivity index (χ3v) is 3.62. The van der Waals surface area contributed by atoms with Gasteiger partial charge >= 0.3 is 0 Å². The van der Waals surface area contributed by atoms with Crippen LogP contribution in [-0.4, -0.2) is 15.0 Å². The third kappa shape index (κ3) is 2.78. The van der Waals surface area contributed by atoms with Gasteiger partial charge in [-0.15, -0.1) is 0 Å². The Hall–Kier alpha value is -2.26. The molecule has 3 rings (SSSR count). The monoisotopic (exact) mass is 295 g/mol. The fourth-order valence-electron chi connectivity index (χ4n) is 2.15. The number of hydrogen-bond donors (Lipinski definition) is 0. The van der Waals surface area contributed by atoms with Crippen LogP contribution in [0.2, 0.25) is 5.15 Å². The Morgan fingerprint density at radius 2 is 1.57 bits per heavy atom. The summed E-state index contributed by atoms with van der Waals surface area (Å²) in [6.45, 7) is 3.87. The van der Waals surface area contributed by atoms with Crippen molar-refractivity contribution in [3.05, 3.63) is 64.9 Å². The molecule has 0 bridgehead atoms. The standard InChI is InChI=1S/C17H14ClN3/c1-11-7-6-10-14(19-11)17-20-15(12(2)16(18)21-17)13-8-4-3-5-9-13/h3-10H,1-2H3. The molecule has 3 nitrogen and oxygen atoms in total. The molecule has 3 aromatic rings. The predicted octanol–water partition coefficient (Wildman–Crippen LogP) is 4.48. The molecule has 4 heteroatoms. The molecule has 0 saturated carbocycles. The molecule has 0 fully saturated rings. The zero-order valence-corrected chi connectivity index (χ0v) is 12.6. The van der Waals surface area contributed by atoms with E-state index in [1.54, 1.807) is 0 Å². The van der Waals surface area contributed by atoms with E-state index in [1.807, 2.05) is 62.4 Å². The van der Waals surface area contributed by atoms with Crippen molar-refractivity contribution in [1.29, 1.82) is 0 Å². The Kier molecular flexibility index (Phi) is 3.67. The highest BCUT2D eigenvalue weighted by molar-refractivity contribution is 6.30. The van der Waals surface area contributed by atoms with E-state index in [2.05, 4.69) is 15.0 Å². The van der Waals surface area contributed by atoms with E-state index < -0.39 is 0 Å². The number of nitrogens with zero attached hydrogens (tertiary/aromatic N) is 3. The van der Waals surface area contributed by atoms with Crippen molar-refractivity contribution in [2.24, 2.45) is 0 Å². The first-order valence-corrected chi connectivity index (χ1v) is 7.06. The Bertz CT molecular complexity index is 785. The Morgan fingerprint density at radius 3 is 2.29 bits per heavy atom. The number of aryl methyl sites for hydroxylation is 1. The van der Waals surface area contributed by atoms with Crippen LogP contribution in [-0.2, 0) is 0 Å². The lowest BCUT2D eigenvalue weighted by Crippen LogP contribution is -1.99. The highest BCUT2D eigenvalue weighted by atomic mass is 35.5. The van der Waals surface area contributed by atoms with Crippen LogP contribution in [0.15, 0.2) is 48.5 Å². The van der Waals surface area contributed by atoms with Gasteiger partial charge in [0.15, 0.2) is 5.82 Å². The second kappa shape index (κ2) is 5.62. The topological polar surface area (TPSA) is 38.7 Å². The third-order valence-electron chi connectivity index (χ3n) is 3.25. The molecule has 21 heavy (non-hydrogen) atoms. The lowest BCUT2D eigenvalue weighted by Gasteiger charge is -2.09. The molecular weight excluding hydrogens is 282 g/mol. The minimum absolute atomic E-state index is 0.460. The van der Waals surface area contributed by atoms with Gasteiger partial charge in [0.2, 0.25) is 0 Å². The van der Waals surface area contributed by atoms with E-state index >= 15 is 0 Å². The summed E-state index contributed by atoms with van der Waals surface area (Å²) in [4.78, 5) is 13.5. The zero-order valence-electron chi connectivity index (χ0n) is 11.8. The average Bonchev–Trinajstić information content (AvgIpc) is 2.51. The fourth-order valence-corrected chi connectivity index (χ4v) is 2.32. The molecule has 0 spiro atoms. The summed E-state index contributed by atoms with van der Waals surface area (Å²) < 4.78 is 0. The summed E-state index contributed by atoms with van der Waals surface area (Å²) in [6.07, 6.45) is 0. The smallest absolute Gasteiger partial charge is 0.180 e. The van der Waals surface area contributed by atoms with E-state index in [1.165, 1.54) is 0 Å². The van der Waals surface area contributed by atoms with Crippen LogP contribution in [0.1, 0.15) is 11.3 Å². The number of halogens is 1. The van der Waals surface area contributed by atoms with Gasteiger partial charge in [-0.2, -0.15) is 0 Å². The number of hydrogen-bond acceptors (Lipinski definition) is 3. The van der Waals surface area contributed by atoms with Crippen LogP contribution in [0.5, 0.6) is 0 Å². The number of rotatable bonds is 2. The Balaban J connectivity index is 2.19. The predicted molar refractivity (Wildman–Crippen MR) is 85.2 cm³/mol. The van der Waals surface area contributed by atoms with Crippen LogP contribution in [0, 0.1) is 13.8 Å². The summed E-state index contributed by atoms with van der Waals surface area (Å²) in [5, 5.41) is 0.460. The first-order valence-electron chi connectivity index (χ1n) is 6.69. The van der Waals surface area contributed by atoms with Crippen molar-refractivity contribution >= 4 is 11.6 Å². The summed E-state index contributed by atoms with van der Waals surface area (Å²) in [5.74, 6) is 0.549. The second-order valence-electron chi connectivity index (χ2n) is 4.84. The first kappa shape index (κ1) is 13.7. The van der Waals surface area contributed by atoms with Gasteiger partial charge in [-0.1, -0.05) is 48.0 Å². The molecule has 0 atom stereocenters. The molecule has 0 aliphatic heterocycles. The van der Waals surface area contributed by atoms with Gasteiger partial charge in [-0.25, -0.2) is 15.0 Å². The highest BCUT2D eigenvalue weighted by Crippen LogP contribution is 2.28. The first-order chi connectivity index (χ1) is 10.1. The lowest BCUT2D eigenvalue weighted by molar-refractivity contribution is 1.10. The SMILES string of the molecule is Cc1cccc(-c2nc(Cl)c(C)c(-c3ccccc3)n2)n1. The van der Waals surface area contributed by atoms with Crippen LogP contribution in [0.25, 0.3) is 22.8 Å². The maximum absolute atomic E-state index is 6.28. The quantitative estimate of drug-likeness (QED) is 0.654. The van der Waals surface area contributed by atoms with Gasteiger partial charge in [0.1, 0.15) is 10.8 Å². The Labute approximate surface area is 128 Å². The molecule has 104 valence electrons. The van der Waals surface area contributed by atoms with Crippen molar-refractivity contribution in [3.8, 4) is 22.8 Å². The average molecular weight is 296 g/mol. The second-order valence-corrected chi connectivity index (χ2v) is 5.20. The molecule has 1 aromatic carbocycles. The van der Waals surface area contributed by atoms with Crippen molar-refractivity contribution in [2.75, 3.05) is 0 Å². The molecule has 2 heterocycles. The summed E-state index contributed by atoms with van der Waals surface area (Å²) in [6, 6.07) is 15.7. The minimum atomic E-state index is 0.460. The van der Waals surface area contributed by atoms with Gasteiger partial charge in [0.05, 0.1) is 5.69 Å². The van der Waals surface area contributed by atoms with Gasteiger partial charge in [-0.05, 0) is 26.0 Å². The molecule has 0 unspecified atom stereocenters. The minimum Gasteiger partial charge on any atom is -0.250 e. The van der Waals surface area contributed by atoms with Crippen LogP contribution < -0.4 is 0 Å².